The quantitative estimate of drug-likeness (QED) is 0.781. The molecule has 1 aliphatic heterocycles. The summed E-state index contributed by atoms with van der Waals surface area (Å²) in [5.74, 6) is -1.70. The fourth-order valence-corrected chi connectivity index (χ4v) is 2.97. The van der Waals surface area contributed by atoms with Crippen LogP contribution < -0.4 is 5.32 Å². The molecule has 2 aromatic rings. The average molecular weight is 407 g/mol. The lowest BCUT2D eigenvalue weighted by molar-refractivity contribution is -0.116. The van der Waals surface area contributed by atoms with E-state index in [0.717, 1.165) is 0 Å². The molecule has 0 radical (unpaired) electrons. The van der Waals surface area contributed by atoms with Crippen molar-refractivity contribution < 1.29 is 24.2 Å². The minimum atomic E-state index is -1.23. The number of rotatable bonds is 5. The van der Waals surface area contributed by atoms with Crippen LogP contribution in [0.2, 0.25) is 5.02 Å². The van der Waals surface area contributed by atoms with E-state index in [-0.39, 0.29) is 23.7 Å². The molecular formula is C18H19ClN4O5. The number of nitrogens with zero attached hydrogens (tertiary/aromatic N) is 3. The van der Waals surface area contributed by atoms with Crippen molar-refractivity contribution in [2.75, 3.05) is 31.6 Å². The number of carboxylic acid groups (broad SMARTS) is 1. The first kappa shape index (κ1) is 19.8. The third-order valence-electron chi connectivity index (χ3n) is 4.18. The van der Waals surface area contributed by atoms with E-state index in [1.807, 2.05) is 0 Å². The molecule has 0 unspecified atom stereocenters. The fourth-order valence-electron chi connectivity index (χ4n) is 2.86. The predicted molar refractivity (Wildman–Crippen MR) is 101 cm³/mol. The number of hydrogen-bond acceptors (Lipinski definition) is 5. The number of anilines is 1. The van der Waals surface area contributed by atoms with Crippen LogP contribution >= 0.6 is 11.6 Å². The van der Waals surface area contributed by atoms with Gasteiger partial charge in [0, 0.05) is 32.1 Å². The van der Waals surface area contributed by atoms with Gasteiger partial charge in [-0.25, -0.2) is 9.78 Å². The van der Waals surface area contributed by atoms with Crippen LogP contribution in [0, 0.1) is 0 Å². The minimum absolute atomic E-state index is 0.145. The van der Waals surface area contributed by atoms with Gasteiger partial charge in [-0.3, -0.25) is 9.59 Å². The molecule has 1 fully saturated rings. The fraction of sp³-hybridized carbons (Fsp3) is 0.333. The van der Waals surface area contributed by atoms with Crippen LogP contribution in [0.25, 0.3) is 0 Å². The molecule has 28 heavy (non-hydrogen) atoms. The Morgan fingerprint density at radius 3 is 2.79 bits per heavy atom. The minimum Gasteiger partial charge on any atom is -0.477 e. The molecule has 0 spiro atoms. The Balaban J connectivity index is 1.74. The molecule has 3 heterocycles. The number of ether oxygens (including phenoxy) is 1. The van der Waals surface area contributed by atoms with Gasteiger partial charge in [-0.1, -0.05) is 11.6 Å². The number of carboxylic acids is 1. The zero-order chi connectivity index (χ0) is 20.1. The molecule has 1 saturated heterocycles. The smallest absolute Gasteiger partial charge is 0.352 e. The normalized spacial score (nSPS) is 14.4. The van der Waals surface area contributed by atoms with Crippen molar-refractivity contribution >= 4 is 35.2 Å². The van der Waals surface area contributed by atoms with Gasteiger partial charge in [-0.2, -0.15) is 0 Å². The van der Waals surface area contributed by atoms with Crippen LogP contribution in [-0.2, 0) is 16.1 Å². The summed E-state index contributed by atoms with van der Waals surface area (Å²) in [5.41, 5.74) is 0.0744. The van der Waals surface area contributed by atoms with Gasteiger partial charge >= 0.3 is 5.97 Å². The first-order chi connectivity index (χ1) is 13.4. The van der Waals surface area contributed by atoms with Crippen LogP contribution in [0.3, 0.4) is 0 Å². The number of carbonyl (C=O) groups excluding carboxylic acids is 2. The van der Waals surface area contributed by atoms with Crippen molar-refractivity contribution in [2.24, 2.45) is 0 Å². The third kappa shape index (κ3) is 4.87. The number of nitrogens with one attached hydrogen (secondary N) is 1. The van der Waals surface area contributed by atoms with Crippen molar-refractivity contribution in [1.29, 1.82) is 0 Å². The summed E-state index contributed by atoms with van der Waals surface area (Å²) >= 11 is 5.75. The molecule has 1 aliphatic rings. The number of aromatic nitrogens is 2. The highest BCUT2D eigenvalue weighted by Crippen LogP contribution is 2.14. The first-order valence-corrected chi connectivity index (χ1v) is 9.04. The monoisotopic (exact) mass is 406 g/mol. The molecule has 2 N–H and O–H groups in total. The highest BCUT2D eigenvalue weighted by atomic mass is 35.5. The number of hydrogen-bond donors (Lipinski definition) is 2. The predicted octanol–water partition coefficient (Wildman–Crippen LogP) is 1.74. The Labute approximate surface area is 165 Å². The maximum Gasteiger partial charge on any atom is 0.352 e. The van der Waals surface area contributed by atoms with Gasteiger partial charge in [0.15, 0.2) is 0 Å². The van der Waals surface area contributed by atoms with E-state index in [1.165, 1.54) is 29.1 Å². The zero-order valence-electron chi connectivity index (χ0n) is 14.9. The number of carbonyl (C=O) groups is 3. The van der Waals surface area contributed by atoms with Crippen LogP contribution in [-0.4, -0.2) is 63.6 Å². The molecule has 148 valence electrons. The Morgan fingerprint density at radius 2 is 2.07 bits per heavy atom. The SMILES string of the molecule is O=C(Cn1cc(C(=O)N2CCCOCC2)cc1C(=O)O)Nc1ccc(Cl)cn1. The van der Waals surface area contributed by atoms with E-state index >= 15 is 0 Å². The van der Waals surface area contributed by atoms with E-state index in [4.69, 9.17) is 16.3 Å². The van der Waals surface area contributed by atoms with E-state index in [2.05, 4.69) is 10.3 Å². The summed E-state index contributed by atoms with van der Waals surface area (Å²) in [6.45, 7) is 1.73. The number of halogens is 1. The number of pyridine rings is 1. The lowest BCUT2D eigenvalue weighted by atomic mass is 10.2. The molecule has 0 bridgehead atoms. The van der Waals surface area contributed by atoms with Crippen molar-refractivity contribution in [1.82, 2.24) is 14.5 Å². The van der Waals surface area contributed by atoms with Gasteiger partial charge in [0.25, 0.3) is 5.91 Å². The molecule has 2 aromatic heterocycles. The summed E-state index contributed by atoms with van der Waals surface area (Å²) in [5, 5.41) is 12.4. The Kier molecular flexibility index (Phi) is 6.27. The molecule has 0 atom stereocenters. The number of aromatic carboxylic acids is 1. The van der Waals surface area contributed by atoms with Crippen molar-refractivity contribution in [3.63, 3.8) is 0 Å². The second kappa shape index (κ2) is 8.85. The largest absolute Gasteiger partial charge is 0.477 e. The lowest BCUT2D eigenvalue weighted by Crippen LogP contribution is -2.33. The summed E-state index contributed by atoms with van der Waals surface area (Å²) in [6, 6.07) is 4.39. The summed E-state index contributed by atoms with van der Waals surface area (Å²) in [6.07, 6.45) is 3.48. The van der Waals surface area contributed by atoms with E-state index in [9.17, 15) is 19.5 Å². The van der Waals surface area contributed by atoms with Gasteiger partial charge in [0.2, 0.25) is 5.91 Å². The second-order valence-corrected chi connectivity index (χ2v) is 6.65. The molecule has 2 amide bonds. The summed E-state index contributed by atoms with van der Waals surface area (Å²) in [7, 11) is 0. The van der Waals surface area contributed by atoms with E-state index in [0.29, 0.717) is 43.6 Å². The van der Waals surface area contributed by atoms with Gasteiger partial charge in [0.05, 0.1) is 17.2 Å². The van der Waals surface area contributed by atoms with Crippen molar-refractivity contribution in [2.45, 2.75) is 13.0 Å². The molecule has 0 aliphatic carbocycles. The highest BCUT2D eigenvalue weighted by molar-refractivity contribution is 6.30. The molecule has 10 heteroatoms. The van der Waals surface area contributed by atoms with E-state index < -0.39 is 11.9 Å². The lowest BCUT2D eigenvalue weighted by Gasteiger charge is -2.18. The highest BCUT2D eigenvalue weighted by Gasteiger charge is 2.23. The van der Waals surface area contributed by atoms with Gasteiger partial charge < -0.3 is 24.6 Å². The molecule has 0 aromatic carbocycles. The summed E-state index contributed by atoms with van der Waals surface area (Å²) in [4.78, 5) is 42.1. The standard InChI is InChI=1S/C18H19ClN4O5/c19-13-2-3-15(20-9-13)21-16(24)11-23-10-12(8-14(23)18(26)27)17(25)22-4-1-6-28-7-5-22/h2-3,8-10H,1,4-7,11H2,(H,26,27)(H,20,21,24). The van der Waals surface area contributed by atoms with Crippen LogP contribution in [0.1, 0.15) is 27.3 Å². The zero-order valence-corrected chi connectivity index (χ0v) is 15.7. The van der Waals surface area contributed by atoms with Crippen molar-refractivity contribution in [3.05, 3.63) is 46.9 Å². The number of amides is 2. The van der Waals surface area contributed by atoms with Crippen LogP contribution in [0.15, 0.2) is 30.6 Å². The maximum absolute atomic E-state index is 12.7. The molecule has 3 rings (SSSR count). The van der Waals surface area contributed by atoms with Gasteiger partial charge in [-0.05, 0) is 24.6 Å². The average Bonchev–Trinajstić information content (AvgIpc) is 2.89. The first-order valence-electron chi connectivity index (χ1n) is 8.66. The second-order valence-electron chi connectivity index (χ2n) is 6.22. The topological polar surface area (TPSA) is 114 Å². The van der Waals surface area contributed by atoms with Gasteiger partial charge in [0.1, 0.15) is 18.1 Å². The van der Waals surface area contributed by atoms with Crippen molar-refractivity contribution in [3.8, 4) is 0 Å². The van der Waals surface area contributed by atoms with E-state index in [1.54, 1.807) is 11.0 Å². The van der Waals surface area contributed by atoms with Crippen LogP contribution in [0.5, 0.6) is 0 Å². The molecule has 0 saturated carbocycles. The Bertz CT molecular complexity index is 873. The summed E-state index contributed by atoms with van der Waals surface area (Å²) < 4.78 is 6.57. The molecule has 9 nitrogen and oxygen atoms in total. The van der Waals surface area contributed by atoms with Gasteiger partial charge in [-0.15, -0.1) is 0 Å². The Hall–Kier alpha value is -2.91. The Morgan fingerprint density at radius 1 is 1.25 bits per heavy atom. The maximum atomic E-state index is 12.7. The third-order valence-corrected chi connectivity index (χ3v) is 4.40. The van der Waals surface area contributed by atoms with Crippen LogP contribution in [0.4, 0.5) is 5.82 Å². The molecular weight excluding hydrogens is 388 g/mol.